The third-order valence-corrected chi connectivity index (χ3v) is 4.03. The van der Waals surface area contributed by atoms with E-state index in [1.54, 1.807) is 0 Å². The van der Waals surface area contributed by atoms with E-state index in [-0.39, 0.29) is 33.3 Å². The van der Waals surface area contributed by atoms with Crippen LogP contribution in [-0.2, 0) is 4.74 Å². The molecule has 0 saturated heterocycles. The summed E-state index contributed by atoms with van der Waals surface area (Å²) in [5.41, 5.74) is 5.99. The lowest BCUT2D eigenvalue weighted by atomic mass is 10.1. The van der Waals surface area contributed by atoms with Gasteiger partial charge in [0.15, 0.2) is 0 Å². The zero-order valence-electron chi connectivity index (χ0n) is 10.1. The fourth-order valence-corrected chi connectivity index (χ4v) is 2.08. The van der Waals surface area contributed by atoms with Crippen LogP contribution in [0, 0.1) is 16.7 Å². The molecule has 0 unspecified atom stereocenters. The van der Waals surface area contributed by atoms with Crippen LogP contribution in [0.4, 0.5) is 5.69 Å². The van der Waals surface area contributed by atoms with Gasteiger partial charge in [0.25, 0.3) is 0 Å². The van der Waals surface area contributed by atoms with Gasteiger partial charge >= 0.3 is 5.97 Å². The highest BCUT2D eigenvalue weighted by Gasteiger charge is 2.43. The fourth-order valence-electron chi connectivity index (χ4n) is 1.75. The van der Waals surface area contributed by atoms with Crippen LogP contribution in [0.1, 0.15) is 29.6 Å². The Kier molecular flexibility index (Phi) is 3.88. The third kappa shape index (κ3) is 3.12. The number of nitrogen functional groups attached to an aromatic ring is 1. The van der Waals surface area contributed by atoms with Crippen molar-refractivity contribution < 1.29 is 9.53 Å². The van der Waals surface area contributed by atoms with Crippen LogP contribution in [0.3, 0.4) is 0 Å². The molecule has 1 saturated carbocycles. The number of nitrogens with two attached hydrogens (primary N) is 1. The quantitative estimate of drug-likeness (QED) is 0.682. The lowest BCUT2D eigenvalue weighted by Crippen LogP contribution is -2.15. The summed E-state index contributed by atoms with van der Waals surface area (Å²) >= 11 is 11.7. The summed E-state index contributed by atoms with van der Waals surface area (Å²) in [7, 11) is 0. The first-order valence-corrected chi connectivity index (χ1v) is 6.52. The number of esters is 1. The molecule has 0 amide bonds. The highest BCUT2D eigenvalue weighted by atomic mass is 35.5. The molecule has 0 atom stereocenters. The Morgan fingerprint density at radius 2 is 2.16 bits per heavy atom. The van der Waals surface area contributed by atoms with E-state index >= 15 is 0 Å². The standard InChI is InChI=1S/C13H12Cl2N2O2/c14-9-5-8(6-10(17)11(9)15)12(18)19-7-13(1-2-13)3-4-16/h5-6H,1-3,7,17H2. The van der Waals surface area contributed by atoms with Gasteiger partial charge in [0.2, 0.25) is 0 Å². The van der Waals surface area contributed by atoms with E-state index in [4.69, 9.17) is 38.9 Å². The SMILES string of the molecule is N#CCC1(COC(=O)c2cc(N)c(Cl)c(Cl)c2)CC1. The van der Waals surface area contributed by atoms with E-state index in [0.29, 0.717) is 6.42 Å². The summed E-state index contributed by atoms with van der Waals surface area (Å²) in [4.78, 5) is 11.9. The monoisotopic (exact) mass is 298 g/mol. The first-order chi connectivity index (χ1) is 8.97. The Hall–Kier alpha value is -1.44. The number of ether oxygens (including phenoxy) is 1. The number of carbonyl (C=O) groups excluding carboxylic acids is 1. The summed E-state index contributed by atoms with van der Waals surface area (Å²) in [6, 6.07) is 4.96. The van der Waals surface area contributed by atoms with Gasteiger partial charge in [-0.3, -0.25) is 0 Å². The van der Waals surface area contributed by atoms with Crippen molar-refractivity contribution >= 4 is 34.9 Å². The Balaban J connectivity index is 2.03. The van der Waals surface area contributed by atoms with Gasteiger partial charge in [0, 0.05) is 11.8 Å². The lowest BCUT2D eigenvalue weighted by molar-refractivity contribution is 0.0419. The molecule has 1 aromatic rings. The average Bonchev–Trinajstić information content (AvgIpc) is 3.13. The molecule has 0 bridgehead atoms. The Labute approximate surface area is 121 Å². The van der Waals surface area contributed by atoms with Crippen molar-refractivity contribution in [1.29, 1.82) is 5.26 Å². The first-order valence-electron chi connectivity index (χ1n) is 5.76. The summed E-state index contributed by atoms with van der Waals surface area (Å²) in [6.45, 7) is 0.250. The average molecular weight is 299 g/mol. The van der Waals surface area contributed by atoms with Crippen molar-refractivity contribution in [3.05, 3.63) is 27.7 Å². The molecule has 19 heavy (non-hydrogen) atoms. The third-order valence-electron chi connectivity index (χ3n) is 3.21. The van der Waals surface area contributed by atoms with Crippen LogP contribution in [0.15, 0.2) is 12.1 Å². The summed E-state index contributed by atoms with van der Waals surface area (Å²) < 4.78 is 5.21. The molecular weight excluding hydrogens is 287 g/mol. The van der Waals surface area contributed by atoms with Gasteiger partial charge in [-0.2, -0.15) is 5.26 Å². The Morgan fingerprint density at radius 1 is 1.47 bits per heavy atom. The minimum atomic E-state index is -0.505. The van der Waals surface area contributed by atoms with Gasteiger partial charge in [0.05, 0.1) is 34.0 Å². The first kappa shape index (κ1) is 14.0. The predicted molar refractivity (Wildman–Crippen MR) is 73.1 cm³/mol. The van der Waals surface area contributed by atoms with Crippen molar-refractivity contribution in [3.8, 4) is 6.07 Å². The number of hydrogen-bond acceptors (Lipinski definition) is 4. The van der Waals surface area contributed by atoms with Gasteiger partial charge in [-0.25, -0.2) is 4.79 Å². The van der Waals surface area contributed by atoms with Crippen molar-refractivity contribution in [2.75, 3.05) is 12.3 Å². The largest absolute Gasteiger partial charge is 0.461 e. The molecular formula is C13H12Cl2N2O2. The molecule has 0 aliphatic heterocycles. The van der Waals surface area contributed by atoms with Crippen LogP contribution in [-0.4, -0.2) is 12.6 Å². The van der Waals surface area contributed by atoms with Crippen LogP contribution in [0.25, 0.3) is 0 Å². The van der Waals surface area contributed by atoms with E-state index in [0.717, 1.165) is 12.8 Å². The molecule has 1 aliphatic carbocycles. The minimum Gasteiger partial charge on any atom is -0.461 e. The number of carbonyl (C=O) groups is 1. The molecule has 2 N–H and O–H groups in total. The highest BCUT2D eigenvalue weighted by Crippen LogP contribution is 2.48. The molecule has 1 fully saturated rings. The number of rotatable bonds is 4. The zero-order chi connectivity index (χ0) is 14.0. The molecule has 0 aromatic heterocycles. The van der Waals surface area contributed by atoms with E-state index < -0.39 is 5.97 Å². The van der Waals surface area contributed by atoms with Crippen LogP contribution < -0.4 is 5.73 Å². The molecule has 4 nitrogen and oxygen atoms in total. The minimum absolute atomic E-state index is 0.147. The Bertz CT molecular complexity index is 539. The number of hydrogen-bond donors (Lipinski definition) is 1. The van der Waals surface area contributed by atoms with Crippen LogP contribution in [0.5, 0.6) is 0 Å². The molecule has 0 spiro atoms. The van der Waals surface area contributed by atoms with Gasteiger partial charge in [-0.15, -0.1) is 0 Å². The number of nitrogens with zero attached hydrogens (tertiary/aromatic N) is 1. The van der Waals surface area contributed by atoms with E-state index in [9.17, 15) is 4.79 Å². The summed E-state index contributed by atoms with van der Waals surface area (Å²) in [6.07, 6.45) is 2.23. The smallest absolute Gasteiger partial charge is 0.338 e. The number of benzene rings is 1. The molecule has 2 rings (SSSR count). The Morgan fingerprint density at radius 3 is 2.68 bits per heavy atom. The van der Waals surface area contributed by atoms with Crippen LogP contribution >= 0.6 is 23.2 Å². The number of halogens is 2. The maximum absolute atomic E-state index is 11.9. The molecule has 1 aromatic carbocycles. The second-order valence-corrected chi connectivity index (χ2v) is 5.56. The fraction of sp³-hybridized carbons (Fsp3) is 0.385. The second kappa shape index (κ2) is 5.28. The van der Waals surface area contributed by atoms with E-state index in [1.807, 2.05) is 0 Å². The summed E-state index contributed by atoms with van der Waals surface area (Å²) in [5, 5.41) is 9.13. The number of nitriles is 1. The maximum Gasteiger partial charge on any atom is 0.338 e. The van der Waals surface area contributed by atoms with Gasteiger partial charge in [-0.1, -0.05) is 23.2 Å². The van der Waals surface area contributed by atoms with Crippen molar-refractivity contribution in [2.45, 2.75) is 19.3 Å². The zero-order valence-corrected chi connectivity index (χ0v) is 11.6. The summed E-state index contributed by atoms with van der Waals surface area (Å²) in [5.74, 6) is -0.505. The molecule has 1 aliphatic rings. The van der Waals surface area contributed by atoms with Crippen molar-refractivity contribution in [3.63, 3.8) is 0 Å². The van der Waals surface area contributed by atoms with E-state index in [1.165, 1.54) is 12.1 Å². The maximum atomic E-state index is 11.9. The van der Waals surface area contributed by atoms with Crippen molar-refractivity contribution in [1.82, 2.24) is 0 Å². The van der Waals surface area contributed by atoms with Crippen molar-refractivity contribution in [2.24, 2.45) is 5.41 Å². The molecule has 6 heteroatoms. The van der Waals surface area contributed by atoms with Gasteiger partial charge < -0.3 is 10.5 Å². The molecule has 100 valence electrons. The van der Waals surface area contributed by atoms with Gasteiger partial charge in [-0.05, 0) is 25.0 Å². The van der Waals surface area contributed by atoms with E-state index in [2.05, 4.69) is 6.07 Å². The normalized spacial score (nSPS) is 15.6. The molecule has 0 heterocycles. The lowest BCUT2D eigenvalue weighted by Gasteiger charge is -2.12. The molecule has 0 radical (unpaired) electrons. The number of anilines is 1. The predicted octanol–water partition coefficient (Wildman–Crippen LogP) is 3.43. The van der Waals surface area contributed by atoms with Crippen LogP contribution in [0.2, 0.25) is 10.0 Å². The highest BCUT2D eigenvalue weighted by molar-refractivity contribution is 6.43. The topological polar surface area (TPSA) is 76.1 Å². The second-order valence-electron chi connectivity index (χ2n) is 4.77. The van der Waals surface area contributed by atoms with Gasteiger partial charge in [0.1, 0.15) is 0 Å².